The van der Waals surface area contributed by atoms with Gasteiger partial charge in [-0.15, -0.1) is 10.2 Å². The maximum absolute atomic E-state index is 13.5. The van der Waals surface area contributed by atoms with Crippen LogP contribution in [0.2, 0.25) is 0 Å². The van der Waals surface area contributed by atoms with Crippen LogP contribution in [-0.4, -0.2) is 24.3 Å². The molecule has 3 aromatic heterocycles. The predicted molar refractivity (Wildman–Crippen MR) is 116 cm³/mol. The molecule has 7 nitrogen and oxygen atoms in total. The average molecular weight is 417 g/mol. The molecular weight excluding hydrogens is 398 g/mol. The van der Waals surface area contributed by atoms with Gasteiger partial charge in [-0.25, -0.2) is 4.57 Å². The van der Waals surface area contributed by atoms with Crippen molar-refractivity contribution in [2.24, 2.45) is 0 Å². The molecule has 8 heteroatoms. The number of aromatic nitrogens is 5. The highest BCUT2D eigenvalue weighted by Crippen LogP contribution is 2.26. The van der Waals surface area contributed by atoms with Gasteiger partial charge in [0.1, 0.15) is 5.76 Å². The topological polar surface area (TPSA) is 78.2 Å². The third-order valence-electron chi connectivity index (χ3n) is 5.24. The van der Waals surface area contributed by atoms with E-state index in [1.807, 2.05) is 73.7 Å². The zero-order valence-corrected chi connectivity index (χ0v) is 17.6. The second kappa shape index (κ2) is 7.14. The van der Waals surface area contributed by atoms with Crippen LogP contribution in [-0.2, 0) is 5.75 Å². The molecule has 2 aromatic carbocycles. The van der Waals surface area contributed by atoms with E-state index in [1.165, 1.54) is 11.8 Å². The quantitative estimate of drug-likeness (QED) is 0.407. The summed E-state index contributed by atoms with van der Waals surface area (Å²) >= 11 is 1.51. The fourth-order valence-electron chi connectivity index (χ4n) is 3.59. The molecule has 0 aliphatic rings. The smallest absolute Gasteiger partial charge is 0.267 e. The number of para-hydroxylation sites is 1. The molecule has 0 saturated carbocycles. The van der Waals surface area contributed by atoms with Crippen molar-refractivity contribution in [2.75, 3.05) is 0 Å². The van der Waals surface area contributed by atoms with Crippen molar-refractivity contribution in [1.29, 1.82) is 0 Å². The van der Waals surface area contributed by atoms with Gasteiger partial charge in [-0.1, -0.05) is 41.2 Å². The van der Waals surface area contributed by atoms with Gasteiger partial charge in [0.05, 0.1) is 22.3 Å². The van der Waals surface area contributed by atoms with Crippen molar-refractivity contribution < 1.29 is 4.52 Å². The molecule has 0 radical (unpaired) electrons. The molecule has 0 atom stereocenters. The van der Waals surface area contributed by atoms with Gasteiger partial charge in [0.25, 0.3) is 5.56 Å². The molecule has 0 amide bonds. The van der Waals surface area contributed by atoms with E-state index < -0.39 is 0 Å². The molecule has 150 valence electrons. The van der Waals surface area contributed by atoms with Gasteiger partial charge in [0.15, 0.2) is 5.16 Å². The first kappa shape index (κ1) is 18.6. The molecule has 0 bridgehead atoms. The summed E-state index contributed by atoms with van der Waals surface area (Å²) in [4.78, 5) is 13.5. The Morgan fingerprint density at radius 2 is 1.87 bits per heavy atom. The molecule has 0 saturated heterocycles. The van der Waals surface area contributed by atoms with Crippen molar-refractivity contribution >= 4 is 28.4 Å². The summed E-state index contributed by atoms with van der Waals surface area (Å²) in [6.07, 6.45) is 0. The fourth-order valence-corrected chi connectivity index (χ4v) is 4.41. The number of hydrogen-bond acceptors (Lipinski definition) is 6. The maximum Gasteiger partial charge on any atom is 0.267 e. The van der Waals surface area contributed by atoms with Crippen LogP contribution in [0.4, 0.5) is 0 Å². The summed E-state index contributed by atoms with van der Waals surface area (Å²) < 4.78 is 8.75. The van der Waals surface area contributed by atoms with Crippen LogP contribution in [0.1, 0.15) is 22.6 Å². The molecule has 30 heavy (non-hydrogen) atoms. The van der Waals surface area contributed by atoms with E-state index in [0.717, 1.165) is 33.8 Å². The van der Waals surface area contributed by atoms with Gasteiger partial charge in [0, 0.05) is 11.8 Å². The minimum absolute atomic E-state index is 0.108. The number of fused-ring (bicyclic) bond motifs is 3. The molecule has 5 rings (SSSR count). The summed E-state index contributed by atoms with van der Waals surface area (Å²) in [6, 6.07) is 15.4. The number of benzene rings is 2. The Balaban J connectivity index is 1.77. The lowest BCUT2D eigenvalue weighted by Crippen LogP contribution is -2.22. The Labute approximate surface area is 176 Å². The molecule has 0 aliphatic heterocycles. The fraction of sp³-hybridized carbons (Fsp3) is 0.182. The predicted octanol–water partition coefficient (Wildman–Crippen LogP) is 4.24. The van der Waals surface area contributed by atoms with Crippen LogP contribution in [0, 0.1) is 20.8 Å². The van der Waals surface area contributed by atoms with Gasteiger partial charge in [-0.3, -0.25) is 9.20 Å². The minimum Gasteiger partial charge on any atom is -0.361 e. The van der Waals surface area contributed by atoms with Crippen molar-refractivity contribution in [1.82, 2.24) is 24.3 Å². The summed E-state index contributed by atoms with van der Waals surface area (Å²) in [5.74, 6) is 1.85. The van der Waals surface area contributed by atoms with E-state index >= 15 is 0 Å². The second-order valence-electron chi connectivity index (χ2n) is 7.21. The zero-order valence-electron chi connectivity index (χ0n) is 16.8. The van der Waals surface area contributed by atoms with E-state index in [9.17, 15) is 4.79 Å². The van der Waals surface area contributed by atoms with Crippen LogP contribution in [0.25, 0.3) is 22.4 Å². The number of nitrogens with zero attached hydrogens (tertiary/aromatic N) is 5. The first-order valence-corrected chi connectivity index (χ1v) is 10.5. The highest BCUT2D eigenvalue weighted by atomic mass is 32.2. The van der Waals surface area contributed by atoms with Crippen molar-refractivity contribution in [2.45, 2.75) is 31.7 Å². The van der Waals surface area contributed by atoms with E-state index in [1.54, 1.807) is 4.57 Å². The van der Waals surface area contributed by atoms with E-state index in [0.29, 0.717) is 22.1 Å². The van der Waals surface area contributed by atoms with E-state index in [-0.39, 0.29) is 5.56 Å². The van der Waals surface area contributed by atoms with Gasteiger partial charge in [0.2, 0.25) is 5.78 Å². The van der Waals surface area contributed by atoms with E-state index in [2.05, 4.69) is 15.4 Å². The van der Waals surface area contributed by atoms with Crippen molar-refractivity contribution in [3.05, 3.63) is 81.5 Å². The Hall–Kier alpha value is -3.39. The molecule has 0 N–H and O–H groups in total. The molecule has 0 spiro atoms. The standard InChI is InChI=1S/C22H19N5O2S/c1-13-7-6-10-18(15(13)3)26-20(28)17-8-4-5-9-19(17)27-21(26)23-24-22(27)30-12-16-11-14(2)29-25-16/h4-11H,12H2,1-3H3. The largest absolute Gasteiger partial charge is 0.361 e. The van der Waals surface area contributed by atoms with Crippen LogP contribution in [0.5, 0.6) is 0 Å². The van der Waals surface area contributed by atoms with Gasteiger partial charge in [-0.2, -0.15) is 0 Å². The molecule has 5 aromatic rings. The van der Waals surface area contributed by atoms with Crippen molar-refractivity contribution in [3.8, 4) is 5.69 Å². The number of thioether (sulfide) groups is 1. The Morgan fingerprint density at radius 3 is 2.67 bits per heavy atom. The molecule has 0 aliphatic carbocycles. The zero-order chi connectivity index (χ0) is 20.8. The second-order valence-corrected chi connectivity index (χ2v) is 8.15. The van der Waals surface area contributed by atoms with E-state index in [4.69, 9.17) is 4.52 Å². The van der Waals surface area contributed by atoms with Crippen LogP contribution in [0.15, 0.2) is 63.0 Å². The lowest BCUT2D eigenvalue weighted by Gasteiger charge is -2.14. The average Bonchev–Trinajstić information content (AvgIpc) is 3.36. The SMILES string of the molecule is Cc1cc(CSc2nnc3n(-c4cccc(C)c4C)c(=O)c4ccccc4n23)no1. The maximum atomic E-state index is 13.5. The molecule has 3 heterocycles. The number of hydrogen-bond donors (Lipinski definition) is 0. The summed E-state index contributed by atoms with van der Waals surface area (Å²) in [5, 5.41) is 14.2. The minimum atomic E-state index is -0.108. The highest BCUT2D eigenvalue weighted by molar-refractivity contribution is 7.98. The molecular formula is C22H19N5O2S. The molecule has 0 unspecified atom stereocenters. The Bertz CT molecular complexity index is 1460. The summed E-state index contributed by atoms with van der Waals surface area (Å²) in [7, 11) is 0. The van der Waals surface area contributed by atoms with Gasteiger partial charge in [-0.05, 0) is 50.1 Å². The first-order valence-electron chi connectivity index (χ1n) is 9.55. The summed E-state index contributed by atoms with van der Waals surface area (Å²) in [6.45, 7) is 5.92. The highest BCUT2D eigenvalue weighted by Gasteiger charge is 2.19. The summed E-state index contributed by atoms with van der Waals surface area (Å²) in [5.41, 5.74) is 4.47. The third kappa shape index (κ3) is 2.91. The van der Waals surface area contributed by atoms with Gasteiger partial charge < -0.3 is 4.52 Å². The van der Waals surface area contributed by atoms with Crippen LogP contribution >= 0.6 is 11.8 Å². The number of rotatable bonds is 4. The third-order valence-corrected chi connectivity index (χ3v) is 6.20. The lowest BCUT2D eigenvalue weighted by atomic mass is 10.1. The monoisotopic (exact) mass is 417 g/mol. The lowest BCUT2D eigenvalue weighted by molar-refractivity contribution is 0.393. The van der Waals surface area contributed by atoms with Crippen molar-refractivity contribution in [3.63, 3.8) is 0 Å². The Morgan fingerprint density at radius 1 is 1.03 bits per heavy atom. The van der Waals surface area contributed by atoms with Crippen LogP contribution in [0.3, 0.4) is 0 Å². The van der Waals surface area contributed by atoms with Gasteiger partial charge >= 0.3 is 0 Å². The number of aryl methyl sites for hydroxylation is 2. The molecule has 0 fully saturated rings. The first-order chi connectivity index (χ1) is 14.5. The van der Waals surface area contributed by atoms with Crippen LogP contribution < -0.4 is 5.56 Å². The Kier molecular flexibility index (Phi) is 4.43. The normalized spacial score (nSPS) is 11.6.